The van der Waals surface area contributed by atoms with Crippen molar-refractivity contribution in [3.63, 3.8) is 0 Å². The highest BCUT2D eigenvalue weighted by molar-refractivity contribution is 7.89. The third-order valence-electron chi connectivity index (χ3n) is 3.72. The lowest BCUT2D eigenvalue weighted by Gasteiger charge is -2.38. The van der Waals surface area contributed by atoms with E-state index in [-0.39, 0.29) is 12.3 Å². The van der Waals surface area contributed by atoms with Gasteiger partial charge in [-0.25, -0.2) is 13.1 Å². The zero-order chi connectivity index (χ0) is 16.3. The van der Waals surface area contributed by atoms with E-state index in [0.717, 1.165) is 6.42 Å². The van der Waals surface area contributed by atoms with Crippen LogP contribution in [-0.2, 0) is 24.3 Å². The minimum Gasteiger partial charge on any atom is -0.480 e. The van der Waals surface area contributed by atoms with Crippen molar-refractivity contribution in [3.8, 4) is 0 Å². The SMILES string of the molecule is COC(=O)C1(CS(=O)(=O)NC(CC(C)C)C(=O)O)CCC1. The van der Waals surface area contributed by atoms with E-state index < -0.39 is 39.2 Å². The number of sulfonamides is 1. The molecule has 0 aliphatic heterocycles. The summed E-state index contributed by atoms with van der Waals surface area (Å²) in [5.41, 5.74) is -1.03. The number of carboxylic acid groups (broad SMARTS) is 1. The van der Waals surface area contributed by atoms with Crippen LogP contribution in [0.2, 0.25) is 0 Å². The molecule has 122 valence electrons. The number of hydrogen-bond acceptors (Lipinski definition) is 5. The van der Waals surface area contributed by atoms with E-state index in [1.54, 1.807) is 0 Å². The van der Waals surface area contributed by atoms with Crippen molar-refractivity contribution in [1.82, 2.24) is 4.72 Å². The van der Waals surface area contributed by atoms with Crippen LogP contribution in [0.4, 0.5) is 0 Å². The van der Waals surface area contributed by atoms with Crippen molar-refractivity contribution < 1.29 is 27.9 Å². The molecular formula is C13H23NO6S. The first-order chi connectivity index (χ1) is 9.62. The summed E-state index contributed by atoms with van der Waals surface area (Å²) >= 11 is 0. The van der Waals surface area contributed by atoms with Gasteiger partial charge in [0.1, 0.15) is 6.04 Å². The van der Waals surface area contributed by atoms with Gasteiger partial charge >= 0.3 is 11.9 Å². The monoisotopic (exact) mass is 321 g/mol. The number of carbonyl (C=O) groups excluding carboxylic acids is 1. The van der Waals surface area contributed by atoms with E-state index in [1.807, 2.05) is 13.8 Å². The molecule has 0 radical (unpaired) electrons. The number of aliphatic carboxylic acids is 1. The molecule has 0 heterocycles. The second-order valence-electron chi connectivity index (χ2n) is 6.02. The number of hydrogen-bond donors (Lipinski definition) is 2. The van der Waals surface area contributed by atoms with E-state index in [0.29, 0.717) is 12.8 Å². The van der Waals surface area contributed by atoms with Gasteiger partial charge in [0.2, 0.25) is 10.0 Å². The normalized spacial score (nSPS) is 18.9. The van der Waals surface area contributed by atoms with Crippen molar-refractivity contribution >= 4 is 22.0 Å². The van der Waals surface area contributed by atoms with Gasteiger partial charge in [-0.1, -0.05) is 20.3 Å². The Balaban J connectivity index is 2.80. The number of methoxy groups -OCH3 is 1. The maximum Gasteiger partial charge on any atom is 0.321 e. The molecule has 1 aliphatic carbocycles. The van der Waals surface area contributed by atoms with Crippen molar-refractivity contribution in [3.05, 3.63) is 0 Å². The summed E-state index contributed by atoms with van der Waals surface area (Å²) in [6.45, 7) is 3.62. The molecule has 1 unspecified atom stereocenters. The van der Waals surface area contributed by atoms with Crippen LogP contribution >= 0.6 is 0 Å². The van der Waals surface area contributed by atoms with Crippen LogP contribution in [0.1, 0.15) is 39.5 Å². The molecule has 1 rings (SSSR count). The van der Waals surface area contributed by atoms with E-state index in [4.69, 9.17) is 5.11 Å². The Labute approximate surface area is 125 Å². The minimum absolute atomic E-state index is 0.0343. The molecule has 2 N–H and O–H groups in total. The standard InChI is InChI=1S/C13H23NO6S/c1-9(2)7-10(11(15)16)14-21(18,19)8-13(5-4-6-13)12(17)20-3/h9-10,14H,4-8H2,1-3H3,(H,15,16). The van der Waals surface area contributed by atoms with Crippen LogP contribution in [0, 0.1) is 11.3 Å². The Bertz CT molecular complexity index is 495. The van der Waals surface area contributed by atoms with Gasteiger partial charge in [-0.3, -0.25) is 9.59 Å². The Kier molecular flexibility index (Phi) is 5.75. The van der Waals surface area contributed by atoms with E-state index in [9.17, 15) is 18.0 Å². The van der Waals surface area contributed by atoms with Gasteiger partial charge in [0.25, 0.3) is 0 Å². The summed E-state index contributed by atoms with van der Waals surface area (Å²) in [5.74, 6) is -2.15. The third-order valence-corrected chi connectivity index (χ3v) is 5.30. The minimum atomic E-state index is -3.88. The van der Waals surface area contributed by atoms with Crippen LogP contribution in [0.3, 0.4) is 0 Å². The summed E-state index contributed by atoms with van der Waals surface area (Å²) in [7, 11) is -2.65. The smallest absolute Gasteiger partial charge is 0.321 e. The second-order valence-corrected chi connectivity index (χ2v) is 7.78. The highest BCUT2D eigenvalue weighted by Crippen LogP contribution is 2.43. The summed E-state index contributed by atoms with van der Waals surface area (Å²) < 4.78 is 31.2. The number of rotatable bonds is 8. The number of carbonyl (C=O) groups is 2. The van der Waals surface area contributed by atoms with Crippen molar-refractivity contribution in [2.75, 3.05) is 12.9 Å². The van der Waals surface area contributed by atoms with Gasteiger partial charge < -0.3 is 9.84 Å². The zero-order valence-electron chi connectivity index (χ0n) is 12.6. The van der Waals surface area contributed by atoms with Crippen molar-refractivity contribution in [2.45, 2.75) is 45.6 Å². The quantitative estimate of drug-likeness (QED) is 0.638. The highest BCUT2D eigenvalue weighted by Gasteiger charge is 2.49. The molecule has 0 bridgehead atoms. The lowest BCUT2D eigenvalue weighted by molar-refractivity contribution is -0.156. The molecule has 0 aromatic rings. The van der Waals surface area contributed by atoms with Gasteiger partial charge in [0.15, 0.2) is 0 Å². The van der Waals surface area contributed by atoms with Crippen LogP contribution < -0.4 is 4.72 Å². The maximum atomic E-state index is 12.2. The molecule has 7 nitrogen and oxygen atoms in total. The lowest BCUT2D eigenvalue weighted by Crippen LogP contribution is -2.50. The largest absolute Gasteiger partial charge is 0.480 e. The molecule has 0 aromatic carbocycles. The fourth-order valence-electron chi connectivity index (χ4n) is 2.52. The van der Waals surface area contributed by atoms with E-state index in [2.05, 4.69) is 9.46 Å². The number of ether oxygens (including phenoxy) is 1. The first kappa shape index (κ1) is 17.9. The predicted molar refractivity (Wildman–Crippen MR) is 76.1 cm³/mol. The molecular weight excluding hydrogens is 298 g/mol. The fourth-order valence-corrected chi connectivity index (χ4v) is 4.37. The van der Waals surface area contributed by atoms with Crippen LogP contribution in [0.15, 0.2) is 0 Å². The topological polar surface area (TPSA) is 110 Å². The first-order valence-electron chi connectivity index (χ1n) is 6.93. The predicted octanol–water partition coefficient (Wildman–Crippen LogP) is 0.748. The highest BCUT2D eigenvalue weighted by atomic mass is 32.2. The fraction of sp³-hybridized carbons (Fsp3) is 0.846. The third kappa shape index (κ3) is 4.67. The molecule has 1 saturated carbocycles. The van der Waals surface area contributed by atoms with Crippen molar-refractivity contribution in [2.24, 2.45) is 11.3 Å². The average molecular weight is 321 g/mol. The molecule has 1 atom stereocenters. The van der Waals surface area contributed by atoms with Crippen LogP contribution in [-0.4, -0.2) is 44.4 Å². The molecule has 0 aromatic heterocycles. The Hall–Kier alpha value is -1.15. The Morgan fingerprint density at radius 1 is 1.33 bits per heavy atom. The zero-order valence-corrected chi connectivity index (χ0v) is 13.4. The Morgan fingerprint density at radius 2 is 1.90 bits per heavy atom. The summed E-state index contributed by atoms with van der Waals surface area (Å²) in [5, 5.41) is 9.09. The lowest BCUT2D eigenvalue weighted by atomic mass is 9.70. The molecule has 0 amide bonds. The molecule has 0 saturated heterocycles. The number of esters is 1. The van der Waals surface area contributed by atoms with E-state index in [1.165, 1.54) is 7.11 Å². The summed E-state index contributed by atoms with van der Waals surface area (Å²) in [4.78, 5) is 22.9. The summed E-state index contributed by atoms with van der Waals surface area (Å²) in [6, 6.07) is -1.18. The van der Waals surface area contributed by atoms with Gasteiger partial charge in [-0.15, -0.1) is 0 Å². The van der Waals surface area contributed by atoms with E-state index >= 15 is 0 Å². The van der Waals surface area contributed by atoms with Gasteiger partial charge in [-0.2, -0.15) is 0 Å². The molecule has 1 fully saturated rings. The number of nitrogens with one attached hydrogen (secondary N) is 1. The molecule has 0 spiro atoms. The second kappa shape index (κ2) is 6.74. The van der Waals surface area contributed by atoms with Crippen LogP contribution in [0.25, 0.3) is 0 Å². The molecule has 8 heteroatoms. The van der Waals surface area contributed by atoms with Gasteiger partial charge in [0.05, 0.1) is 18.3 Å². The maximum absolute atomic E-state index is 12.2. The van der Waals surface area contributed by atoms with Gasteiger partial charge in [-0.05, 0) is 25.2 Å². The Morgan fingerprint density at radius 3 is 2.24 bits per heavy atom. The first-order valence-corrected chi connectivity index (χ1v) is 8.58. The molecule has 1 aliphatic rings. The average Bonchev–Trinajstić information content (AvgIpc) is 2.31. The molecule has 21 heavy (non-hydrogen) atoms. The van der Waals surface area contributed by atoms with Crippen molar-refractivity contribution in [1.29, 1.82) is 0 Å². The number of carboxylic acids is 1. The van der Waals surface area contributed by atoms with Gasteiger partial charge in [0, 0.05) is 0 Å². The summed E-state index contributed by atoms with van der Waals surface area (Å²) in [6.07, 6.45) is 1.85. The van der Waals surface area contributed by atoms with Crippen LogP contribution in [0.5, 0.6) is 0 Å².